The van der Waals surface area contributed by atoms with Crippen molar-refractivity contribution in [2.45, 2.75) is 0 Å². The van der Waals surface area contributed by atoms with Crippen molar-refractivity contribution in [2.75, 3.05) is 18.5 Å². The molecular formula is C9H12BNO3. The first kappa shape index (κ1) is 15.2. The Morgan fingerprint density at radius 2 is 1.79 bits per heavy atom. The van der Waals surface area contributed by atoms with Crippen molar-refractivity contribution in [3.05, 3.63) is 24.3 Å². The number of benzene rings is 1. The first-order valence-corrected chi connectivity index (χ1v) is 3.74. The van der Waals surface area contributed by atoms with Gasteiger partial charge in [-0.05, 0) is 0 Å². The molecule has 0 saturated carbocycles. The van der Waals surface area contributed by atoms with E-state index in [0.717, 1.165) is 17.4 Å². The summed E-state index contributed by atoms with van der Waals surface area (Å²) in [4.78, 5) is 12.0. The van der Waals surface area contributed by atoms with Crippen LogP contribution in [0.3, 0.4) is 0 Å². The van der Waals surface area contributed by atoms with E-state index in [0.29, 0.717) is 6.54 Å². The van der Waals surface area contributed by atoms with Gasteiger partial charge in [0, 0.05) is 0 Å². The molecule has 4 nitrogen and oxygen atoms in total. The molecule has 0 unspecified atom stereocenters. The second kappa shape index (κ2) is 7.11. The largest absolute Gasteiger partial charge is 0.870 e. The number of carbonyl (C=O) groups is 1. The maximum atomic E-state index is 10.2. The minimum absolute atomic E-state index is 0. The Kier molecular flexibility index (Phi) is 7.70. The number of carbonyl (C=O) groups excluding carboxylic acids is 1. The molecule has 1 aromatic carbocycles. The van der Waals surface area contributed by atoms with Gasteiger partial charge in [0.05, 0.1) is 0 Å². The molecule has 0 spiro atoms. The molecule has 2 N–H and O–H groups in total. The van der Waals surface area contributed by atoms with Gasteiger partial charge in [-0.25, -0.2) is 0 Å². The molecule has 0 aromatic heterocycles. The molecule has 0 fully saturated rings. The summed E-state index contributed by atoms with van der Waals surface area (Å²) < 4.78 is 0. The summed E-state index contributed by atoms with van der Waals surface area (Å²) in [6.07, 6.45) is 0.871. The van der Waals surface area contributed by atoms with Gasteiger partial charge in [-0.2, -0.15) is 0 Å². The Morgan fingerprint density at radius 3 is 2.21 bits per heavy atom. The van der Waals surface area contributed by atoms with Gasteiger partial charge >= 0.3 is 72.8 Å². The van der Waals surface area contributed by atoms with Crippen molar-refractivity contribution in [2.24, 2.45) is 0 Å². The molecule has 0 aliphatic rings. The summed E-state index contributed by atoms with van der Waals surface area (Å²) in [5.74, 6) is 0. The number of nitrogens with zero attached hydrogens (tertiary/aromatic N) is 1. The van der Waals surface area contributed by atoms with Crippen molar-refractivity contribution in [3.63, 3.8) is 0 Å². The molecule has 0 heterocycles. The molecule has 0 bridgehead atoms. The zero-order valence-corrected chi connectivity index (χ0v) is 7.92. The third kappa shape index (κ3) is 4.07. The smallest absolute Gasteiger partial charge is 0.870 e. The van der Waals surface area contributed by atoms with E-state index >= 15 is 0 Å². The molecule has 14 heavy (non-hydrogen) atoms. The second-order valence-corrected chi connectivity index (χ2v) is 2.64. The minimum Gasteiger partial charge on any atom is -0.870 e. The number of anilines is 1. The average molecular weight is 193 g/mol. The third-order valence-electron chi connectivity index (χ3n) is 1.68. The average Bonchev–Trinajstić information content (AvgIpc) is 2.06. The zero-order chi connectivity index (χ0) is 8.97. The summed E-state index contributed by atoms with van der Waals surface area (Å²) in [5, 5.41) is 0. The molecule has 0 saturated heterocycles. The number of likely N-dealkylation sites (N-methyl/N-ethyl adjacent to an activating group) is 1. The third-order valence-corrected chi connectivity index (χ3v) is 1.68. The van der Waals surface area contributed by atoms with E-state index in [4.69, 9.17) is 7.85 Å². The van der Waals surface area contributed by atoms with E-state index in [-0.39, 0.29) is 11.0 Å². The Balaban J connectivity index is 0. The van der Waals surface area contributed by atoms with Crippen molar-refractivity contribution >= 4 is 25.3 Å². The van der Waals surface area contributed by atoms with Crippen LogP contribution in [0.4, 0.5) is 5.69 Å². The molecule has 1 rings (SSSR count). The first-order chi connectivity index (χ1) is 5.74. The summed E-state index contributed by atoms with van der Waals surface area (Å²) >= 11 is 0. The molecule has 74 valence electrons. The maximum Gasteiger partial charge on any atom is -0.870 e. The van der Waals surface area contributed by atoms with Crippen LogP contribution in [0.5, 0.6) is 0 Å². The Morgan fingerprint density at radius 1 is 1.29 bits per heavy atom. The van der Waals surface area contributed by atoms with E-state index in [1.165, 1.54) is 0 Å². The Bertz CT molecular complexity index is 263. The summed E-state index contributed by atoms with van der Waals surface area (Å²) in [7, 11) is 7.37. The van der Waals surface area contributed by atoms with Crippen LogP contribution in [-0.2, 0) is 4.79 Å². The first-order valence-electron chi connectivity index (χ1n) is 3.74. The molecule has 1 aromatic rings. The van der Waals surface area contributed by atoms with Crippen molar-refractivity contribution < 1.29 is 15.7 Å². The zero-order valence-electron chi connectivity index (χ0n) is 7.92. The minimum atomic E-state index is 0. The fraction of sp³-hybridized carbons (Fsp3) is 0.222. The fourth-order valence-electron chi connectivity index (χ4n) is 0.946. The normalized spacial score (nSPS) is 8.21. The SMILES string of the molecule is [B+2]c1ccc(N(C)CC=O)cc1.[OH-].[OH-]. The summed E-state index contributed by atoms with van der Waals surface area (Å²) in [6.45, 7) is 0.407. The molecule has 0 aliphatic heterocycles. The Hall–Kier alpha value is -1.33. The molecular weight excluding hydrogens is 181 g/mol. The van der Waals surface area contributed by atoms with Gasteiger partial charge in [0.2, 0.25) is 0 Å². The van der Waals surface area contributed by atoms with Crippen LogP contribution in [0.25, 0.3) is 0 Å². The van der Waals surface area contributed by atoms with Gasteiger partial charge in [-0.15, -0.1) is 0 Å². The maximum absolute atomic E-state index is 10.2. The molecule has 5 heteroatoms. The summed E-state index contributed by atoms with van der Waals surface area (Å²) in [5.41, 5.74) is 1.73. The fourth-order valence-corrected chi connectivity index (χ4v) is 0.946. The Labute approximate surface area is 84.6 Å². The van der Waals surface area contributed by atoms with E-state index in [1.807, 2.05) is 36.2 Å². The van der Waals surface area contributed by atoms with Crippen LogP contribution in [0, 0.1) is 0 Å². The van der Waals surface area contributed by atoms with Gasteiger partial charge in [0.25, 0.3) is 0 Å². The van der Waals surface area contributed by atoms with Gasteiger partial charge in [0.1, 0.15) is 0 Å². The van der Waals surface area contributed by atoms with Crippen LogP contribution in [0.1, 0.15) is 0 Å². The predicted molar refractivity (Wildman–Crippen MR) is 55.0 cm³/mol. The van der Waals surface area contributed by atoms with Gasteiger partial charge in [0.15, 0.2) is 0 Å². The van der Waals surface area contributed by atoms with E-state index in [9.17, 15) is 4.79 Å². The second-order valence-electron chi connectivity index (χ2n) is 2.64. The van der Waals surface area contributed by atoms with Crippen LogP contribution >= 0.6 is 0 Å². The predicted octanol–water partition coefficient (Wildman–Crippen LogP) is -0.238. The molecule has 0 radical (unpaired) electrons. The number of aldehydes is 1. The van der Waals surface area contributed by atoms with Gasteiger partial charge < -0.3 is 11.0 Å². The van der Waals surface area contributed by atoms with Gasteiger partial charge in [-0.3, -0.25) is 0 Å². The van der Waals surface area contributed by atoms with Crippen LogP contribution in [0.15, 0.2) is 24.3 Å². The van der Waals surface area contributed by atoms with Gasteiger partial charge in [-0.1, -0.05) is 0 Å². The van der Waals surface area contributed by atoms with Crippen molar-refractivity contribution in [1.82, 2.24) is 0 Å². The molecule has 0 atom stereocenters. The monoisotopic (exact) mass is 193 g/mol. The van der Waals surface area contributed by atoms with Crippen LogP contribution < -0.4 is 10.4 Å². The summed E-state index contributed by atoms with van der Waals surface area (Å²) in [6, 6.07) is 7.41. The standard InChI is InChI=1S/C9H10BNO.2H2O/c1-11(6-7-12)9-4-2-8(10)3-5-9;;/h2-5,7H,6H2,1H3;2*1H2/q+2;;/p-2. The topological polar surface area (TPSA) is 80.3 Å². The molecule has 0 amide bonds. The van der Waals surface area contributed by atoms with Crippen LogP contribution in [0.2, 0.25) is 0 Å². The van der Waals surface area contributed by atoms with Crippen LogP contribution in [-0.4, -0.2) is 38.7 Å². The van der Waals surface area contributed by atoms with Crippen molar-refractivity contribution in [3.8, 4) is 0 Å². The quantitative estimate of drug-likeness (QED) is 0.490. The van der Waals surface area contributed by atoms with E-state index < -0.39 is 0 Å². The number of hydrogen-bond acceptors (Lipinski definition) is 4. The van der Waals surface area contributed by atoms with E-state index in [2.05, 4.69) is 0 Å². The number of hydrogen-bond donors (Lipinski definition) is 0. The molecule has 0 aliphatic carbocycles. The van der Waals surface area contributed by atoms with E-state index in [1.54, 1.807) is 0 Å². The number of rotatable bonds is 3. The van der Waals surface area contributed by atoms with Crippen molar-refractivity contribution in [1.29, 1.82) is 0 Å².